The highest BCUT2D eigenvalue weighted by Crippen LogP contribution is 2.25. The van der Waals surface area contributed by atoms with Gasteiger partial charge in [-0.2, -0.15) is 0 Å². The van der Waals surface area contributed by atoms with Gasteiger partial charge in [0.05, 0.1) is 5.02 Å². The van der Waals surface area contributed by atoms with Crippen LogP contribution in [0.1, 0.15) is 39.5 Å². The maximum absolute atomic E-state index is 6.30. The maximum atomic E-state index is 6.30. The summed E-state index contributed by atoms with van der Waals surface area (Å²) in [5, 5.41) is 7.73. The molecule has 0 spiro atoms. The van der Waals surface area contributed by atoms with Crippen molar-refractivity contribution < 1.29 is 0 Å². The second-order valence-electron chi connectivity index (χ2n) is 7.81. The number of pyridine rings is 1. The molecule has 2 aliphatic heterocycles. The Balaban J connectivity index is 1.46. The van der Waals surface area contributed by atoms with E-state index in [-0.39, 0.29) is 0 Å². The summed E-state index contributed by atoms with van der Waals surface area (Å²) in [5.41, 5.74) is 0. The van der Waals surface area contributed by atoms with E-state index in [1.54, 1.807) is 6.20 Å². The average molecular weight is 407 g/mol. The molecule has 3 heterocycles. The zero-order chi connectivity index (χ0) is 19.8. The first kappa shape index (κ1) is 21.2. The number of aliphatic imine (C=N–C) groups is 1. The van der Waals surface area contributed by atoms with Gasteiger partial charge < -0.3 is 20.4 Å². The monoisotopic (exact) mass is 406 g/mol. The number of halogens is 1. The molecule has 6 nitrogen and oxygen atoms in total. The van der Waals surface area contributed by atoms with Gasteiger partial charge in [-0.05, 0) is 70.3 Å². The Morgan fingerprint density at radius 2 is 2.07 bits per heavy atom. The quantitative estimate of drug-likeness (QED) is 0.538. The third-order valence-corrected chi connectivity index (χ3v) is 6.17. The lowest BCUT2D eigenvalue weighted by Gasteiger charge is -2.30. The van der Waals surface area contributed by atoms with E-state index in [4.69, 9.17) is 16.6 Å². The van der Waals surface area contributed by atoms with E-state index in [1.807, 2.05) is 12.1 Å². The standard InChI is InChI=1S/C21H35ClN6/c1-3-23-21(25-12-7-17-8-13-27(4-2)14-9-17)26-18-10-15-28(16-18)20-19(22)6-5-11-24-20/h5-6,11,17-18H,3-4,7-10,12-16H2,1-2H3,(H2,23,25,26). The van der Waals surface area contributed by atoms with E-state index in [2.05, 4.69) is 39.3 Å². The Kier molecular flexibility index (Phi) is 8.22. The van der Waals surface area contributed by atoms with Gasteiger partial charge in [0.1, 0.15) is 5.82 Å². The summed E-state index contributed by atoms with van der Waals surface area (Å²) < 4.78 is 0. The molecule has 0 aliphatic carbocycles. The molecule has 2 aliphatic rings. The van der Waals surface area contributed by atoms with Crippen molar-refractivity contribution >= 4 is 23.4 Å². The summed E-state index contributed by atoms with van der Waals surface area (Å²) in [6.07, 6.45) is 6.69. The molecule has 0 amide bonds. The fourth-order valence-corrected chi connectivity index (χ4v) is 4.39. The minimum Gasteiger partial charge on any atom is -0.357 e. The van der Waals surface area contributed by atoms with Gasteiger partial charge in [0.2, 0.25) is 0 Å². The normalized spacial score (nSPS) is 21.9. The van der Waals surface area contributed by atoms with Crippen LogP contribution in [0.5, 0.6) is 0 Å². The minimum absolute atomic E-state index is 0.365. The van der Waals surface area contributed by atoms with Gasteiger partial charge in [0, 0.05) is 38.4 Å². The molecule has 1 atom stereocenters. The van der Waals surface area contributed by atoms with Crippen molar-refractivity contribution in [3.05, 3.63) is 23.4 Å². The van der Waals surface area contributed by atoms with Gasteiger partial charge in [-0.15, -0.1) is 0 Å². The molecule has 0 bridgehead atoms. The Bertz CT molecular complexity index is 629. The Morgan fingerprint density at radius 3 is 2.79 bits per heavy atom. The maximum Gasteiger partial charge on any atom is 0.191 e. The van der Waals surface area contributed by atoms with Crippen LogP contribution in [-0.2, 0) is 0 Å². The van der Waals surface area contributed by atoms with Crippen molar-refractivity contribution in [1.82, 2.24) is 20.5 Å². The largest absolute Gasteiger partial charge is 0.357 e. The predicted molar refractivity (Wildman–Crippen MR) is 118 cm³/mol. The van der Waals surface area contributed by atoms with Crippen molar-refractivity contribution in [2.75, 3.05) is 50.7 Å². The molecule has 1 aromatic rings. The fourth-order valence-electron chi connectivity index (χ4n) is 4.14. The van der Waals surface area contributed by atoms with Crippen LogP contribution in [0, 0.1) is 5.92 Å². The van der Waals surface area contributed by atoms with Gasteiger partial charge >= 0.3 is 0 Å². The molecule has 2 saturated heterocycles. The van der Waals surface area contributed by atoms with Crippen molar-refractivity contribution in [2.24, 2.45) is 10.9 Å². The third kappa shape index (κ3) is 5.98. The molecule has 2 fully saturated rings. The highest BCUT2D eigenvalue weighted by Gasteiger charge is 2.25. The van der Waals surface area contributed by atoms with E-state index in [0.29, 0.717) is 6.04 Å². The van der Waals surface area contributed by atoms with Gasteiger partial charge in [-0.1, -0.05) is 18.5 Å². The summed E-state index contributed by atoms with van der Waals surface area (Å²) in [4.78, 5) is 14.1. The molecule has 28 heavy (non-hydrogen) atoms. The van der Waals surface area contributed by atoms with Crippen LogP contribution in [0.15, 0.2) is 23.3 Å². The summed E-state index contributed by atoms with van der Waals surface area (Å²) in [7, 11) is 0. The lowest BCUT2D eigenvalue weighted by atomic mass is 9.94. The number of rotatable bonds is 7. The van der Waals surface area contributed by atoms with Crippen molar-refractivity contribution in [1.29, 1.82) is 0 Å². The van der Waals surface area contributed by atoms with Gasteiger partial charge in [-0.25, -0.2) is 4.98 Å². The van der Waals surface area contributed by atoms with Gasteiger partial charge in [0.15, 0.2) is 5.96 Å². The second kappa shape index (κ2) is 10.9. The van der Waals surface area contributed by atoms with E-state index < -0.39 is 0 Å². The van der Waals surface area contributed by atoms with Crippen LogP contribution in [-0.4, -0.2) is 67.7 Å². The third-order valence-electron chi connectivity index (χ3n) is 5.87. The van der Waals surface area contributed by atoms with E-state index in [0.717, 1.165) is 55.3 Å². The molecule has 156 valence electrons. The predicted octanol–water partition coefficient (Wildman–Crippen LogP) is 2.99. The van der Waals surface area contributed by atoms with E-state index in [9.17, 15) is 0 Å². The first-order valence-corrected chi connectivity index (χ1v) is 11.2. The molecule has 2 N–H and O–H groups in total. The van der Waals surface area contributed by atoms with E-state index in [1.165, 1.54) is 38.9 Å². The minimum atomic E-state index is 0.365. The van der Waals surface area contributed by atoms with Gasteiger partial charge in [0.25, 0.3) is 0 Å². The summed E-state index contributed by atoms with van der Waals surface area (Å²) in [5.74, 6) is 2.64. The SMILES string of the molecule is CCNC(=NCCC1CCN(CC)CC1)NC1CCN(c2ncccc2Cl)C1. The van der Waals surface area contributed by atoms with Gasteiger partial charge in [-0.3, -0.25) is 4.99 Å². The zero-order valence-corrected chi connectivity index (χ0v) is 18.1. The van der Waals surface area contributed by atoms with E-state index >= 15 is 0 Å². The van der Waals surface area contributed by atoms with Crippen LogP contribution in [0.25, 0.3) is 0 Å². The lowest BCUT2D eigenvalue weighted by Crippen LogP contribution is -2.44. The Hall–Kier alpha value is -1.53. The number of anilines is 1. The smallest absolute Gasteiger partial charge is 0.191 e. The Labute approximate surface area is 174 Å². The molecule has 0 saturated carbocycles. The number of guanidine groups is 1. The highest BCUT2D eigenvalue weighted by atomic mass is 35.5. The lowest BCUT2D eigenvalue weighted by molar-refractivity contribution is 0.188. The van der Waals surface area contributed by atoms with Crippen molar-refractivity contribution in [2.45, 2.75) is 45.6 Å². The number of hydrogen-bond donors (Lipinski definition) is 2. The second-order valence-corrected chi connectivity index (χ2v) is 8.22. The molecular formula is C21H35ClN6. The summed E-state index contributed by atoms with van der Waals surface area (Å²) >= 11 is 6.30. The molecule has 1 aromatic heterocycles. The molecule has 0 aromatic carbocycles. The molecule has 3 rings (SSSR count). The van der Waals surface area contributed by atoms with Crippen molar-refractivity contribution in [3.63, 3.8) is 0 Å². The molecule has 0 radical (unpaired) electrons. The fraction of sp³-hybridized carbons (Fsp3) is 0.714. The first-order valence-electron chi connectivity index (χ1n) is 10.8. The topological polar surface area (TPSA) is 55.8 Å². The van der Waals surface area contributed by atoms with Crippen molar-refractivity contribution in [3.8, 4) is 0 Å². The van der Waals surface area contributed by atoms with Crippen LogP contribution in [0.3, 0.4) is 0 Å². The highest BCUT2D eigenvalue weighted by molar-refractivity contribution is 6.32. The van der Waals surface area contributed by atoms with Crippen LogP contribution in [0.4, 0.5) is 5.82 Å². The average Bonchev–Trinajstić information content (AvgIpc) is 3.17. The van der Waals surface area contributed by atoms with Crippen LogP contribution < -0.4 is 15.5 Å². The van der Waals surface area contributed by atoms with Crippen LogP contribution >= 0.6 is 11.6 Å². The summed E-state index contributed by atoms with van der Waals surface area (Å²) in [6, 6.07) is 4.14. The molecule has 1 unspecified atom stereocenters. The number of aromatic nitrogens is 1. The number of likely N-dealkylation sites (tertiary alicyclic amines) is 1. The number of nitrogens with zero attached hydrogens (tertiary/aromatic N) is 4. The molecule has 7 heteroatoms. The number of hydrogen-bond acceptors (Lipinski definition) is 4. The Morgan fingerprint density at radius 1 is 1.25 bits per heavy atom. The zero-order valence-electron chi connectivity index (χ0n) is 17.3. The number of piperidine rings is 1. The molecular weight excluding hydrogens is 372 g/mol. The summed E-state index contributed by atoms with van der Waals surface area (Å²) in [6.45, 7) is 11.7. The first-order chi connectivity index (χ1) is 13.7. The number of nitrogens with one attached hydrogen (secondary N) is 2. The van der Waals surface area contributed by atoms with Crippen LogP contribution in [0.2, 0.25) is 5.02 Å².